The fourth-order valence-corrected chi connectivity index (χ4v) is 1.48. The molecule has 2 N–H and O–H groups in total. The fraction of sp³-hybridized carbons (Fsp3) is 0.0714. The van der Waals surface area contributed by atoms with E-state index in [0.717, 1.165) is 5.56 Å². The Hall–Kier alpha value is -2.00. The molecule has 0 saturated heterocycles. The summed E-state index contributed by atoms with van der Waals surface area (Å²) < 4.78 is 5.58. The lowest BCUT2D eigenvalue weighted by molar-refractivity contribution is 0.1000. The third-order valence-corrected chi connectivity index (χ3v) is 2.37. The number of benzene rings is 2. The van der Waals surface area contributed by atoms with Gasteiger partial charge in [0.2, 0.25) is 5.91 Å². The number of ether oxygens (including phenoxy) is 1. The lowest BCUT2D eigenvalue weighted by Gasteiger charge is -2.06. The highest BCUT2D eigenvalue weighted by Crippen LogP contribution is 2.14. The van der Waals surface area contributed by atoms with Crippen molar-refractivity contribution in [3.8, 4) is 5.75 Å². The molecule has 4 heteroatoms. The molecule has 0 spiro atoms. The Bertz CT molecular complexity index is 514. The van der Waals surface area contributed by atoms with Gasteiger partial charge in [-0.25, -0.2) is 0 Å². The summed E-state index contributed by atoms with van der Waals surface area (Å²) in [7, 11) is 0. The fourth-order valence-electron chi connectivity index (χ4n) is 1.48. The molecule has 2 aromatic rings. The molecule has 0 atom stereocenters. The molecule has 0 radical (unpaired) electrons. The van der Waals surface area contributed by atoms with E-state index < -0.39 is 5.91 Å². The molecule has 3 nitrogen and oxygen atoms in total. The van der Waals surface area contributed by atoms with Gasteiger partial charge in [-0.15, -0.1) is 12.4 Å². The van der Waals surface area contributed by atoms with Crippen molar-refractivity contribution in [2.75, 3.05) is 0 Å². The van der Waals surface area contributed by atoms with Crippen molar-refractivity contribution in [3.63, 3.8) is 0 Å². The zero-order valence-corrected chi connectivity index (χ0v) is 10.5. The van der Waals surface area contributed by atoms with E-state index in [1.165, 1.54) is 0 Å². The summed E-state index contributed by atoms with van der Waals surface area (Å²) in [4.78, 5) is 11.0. The Morgan fingerprint density at radius 3 is 2.44 bits per heavy atom. The van der Waals surface area contributed by atoms with E-state index in [-0.39, 0.29) is 12.4 Å². The summed E-state index contributed by atoms with van der Waals surface area (Å²) in [6.07, 6.45) is 0. The topological polar surface area (TPSA) is 52.3 Å². The molecule has 18 heavy (non-hydrogen) atoms. The molecule has 1 amide bonds. The molecule has 0 fully saturated rings. The van der Waals surface area contributed by atoms with Crippen molar-refractivity contribution in [1.82, 2.24) is 0 Å². The van der Waals surface area contributed by atoms with Gasteiger partial charge in [-0.1, -0.05) is 36.4 Å². The number of halogens is 1. The molecule has 2 aromatic carbocycles. The van der Waals surface area contributed by atoms with Gasteiger partial charge < -0.3 is 10.5 Å². The highest BCUT2D eigenvalue weighted by molar-refractivity contribution is 5.93. The van der Waals surface area contributed by atoms with Gasteiger partial charge in [0.15, 0.2) is 0 Å². The van der Waals surface area contributed by atoms with Crippen molar-refractivity contribution < 1.29 is 9.53 Å². The van der Waals surface area contributed by atoms with Crippen LogP contribution in [0.5, 0.6) is 5.75 Å². The maximum atomic E-state index is 11.0. The number of carbonyl (C=O) groups excluding carboxylic acids is 1. The number of rotatable bonds is 4. The molecule has 0 unspecified atom stereocenters. The number of nitrogens with two attached hydrogens (primary N) is 1. The smallest absolute Gasteiger partial charge is 0.248 e. The van der Waals surface area contributed by atoms with Gasteiger partial charge in [-0.05, 0) is 23.8 Å². The molecule has 0 aromatic heterocycles. The first-order valence-electron chi connectivity index (χ1n) is 5.32. The van der Waals surface area contributed by atoms with Crippen molar-refractivity contribution in [2.24, 2.45) is 5.73 Å². The maximum absolute atomic E-state index is 11.0. The SMILES string of the molecule is Cl.NC(=O)c1cccc(OCc2ccccc2)c1. The minimum absolute atomic E-state index is 0. The van der Waals surface area contributed by atoms with Crippen LogP contribution in [0.15, 0.2) is 54.6 Å². The lowest BCUT2D eigenvalue weighted by Crippen LogP contribution is -2.10. The second-order valence-corrected chi connectivity index (χ2v) is 3.67. The van der Waals surface area contributed by atoms with Gasteiger partial charge >= 0.3 is 0 Å². The number of amides is 1. The first kappa shape index (κ1) is 14.1. The number of carbonyl (C=O) groups is 1. The summed E-state index contributed by atoms with van der Waals surface area (Å²) in [5.41, 5.74) is 6.73. The molecular weight excluding hydrogens is 250 g/mol. The Kier molecular flexibility index (Phi) is 5.21. The third-order valence-electron chi connectivity index (χ3n) is 2.37. The lowest BCUT2D eigenvalue weighted by atomic mass is 10.2. The van der Waals surface area contributed by atoms with Crippen molar-refractivity contribution in [3.05, 3.63) is 65.7 Å². The molecule has 0 aliphatic carbocycles. The van der Waals surface area contributed by atoms with E-state index >= 15 is 0 Å². The highest BCUT2D eigenvalue weighted by atomic mass is 35.5. The Morgan fingerprint density at radius 1 is 1.06 bits per heavy atom. The summed E-state index contributed by atoms with van der Waals surface area (Å²) in [5.74, 6) is 0.195. The first-order valence-corrected chi connectivity index (χ1v) is 5.32. The third kappa shape index (κ3) is 3.79. The molecule has 0 aliphatic heterocycles. The van der Waals surface area contributed by atoms with Gasteiger partial charge in [0, 0.05) is 5.56 Å². The molecule has 0 bridgehead atoms. The quantitative estimate of drug-likeness (QED) is 0.922. The number of hydrogen-bond donors (Lipinski definition) is 1. The number of hydrogen-bond acceptors (Lipinski definition) is 2. The normalized spacial score (nSPS) is 9.33. The van der Waals surface area contributed by atoms with Gasteiger partial charge in [0.25, 0.3) is 0 Å². The highest BCUT2D eigenvalue weighted by Gasteiger charge is 2.01. The molecule has 0 saturated carbocycles. The monoisotopic (exact) mass is 263 g/mol. The summed E-state index contributed by atoms with van der Waals surface area (Å²) in [6, 6.07) is 16.7. The second-order valence-electron chi connectivity index (χ2n) is 3.67. The van der Waals surface area contributed by atoms with Crippen LogP contribution >= 0.6 is 12.4 Å². The Morgan fingerprint density at radius 2 is 1.78 bits per heavy atom. The van der Waals surface area contributed by atoms with Crippen LogP contribution < -0.4 is 10.5 Å². The van der Waals surface area contributed by atoms with Crippen molar-refractivity contribution >= 4 is 18.3 Å². The Labute approximate surface area is 112 Å². The van der Waals surface area contributed by atoms with Crippen LogP contribution in [0.3, 0.4) is 0 Å². The molecule has 2 rings (SSSR count). The minimum atomic E-state index is -0.449. The van der Waals surface area contributed by atoms with Crippen LogP contribution in [-0.2, 0) is 6.61 Å². The summed E-state index contributed by atoms with van der Waals surface area (Å²) in [6.45, 7) is 0.475. The van der Waals surface area contributed by atoms with Crippen LogP contribution in [0, 0.1) is 0 Å². The standard InChI is InChI=1S/C14H13NO2.ClH/c15-14(16)12-7-4-8-13(9-12)17-10-11-5-2-1-3-6-11;/h1-9H,10H2,(H2,15,16);1H. The van der Waals surface area contributed by atoms with Crippen LogP contribution in [0.2, 0.25) is 0 Å². The van der Waals surface area contributed by atoms with E-state index in [9.17, 15) is 4.79 Å². The van der Waals surface area contributed by atoms with Crippen molar-refractivity contribution in [2.45, 2.75) is 6.61 Å². The molecular formula is C14H14ClNO2. The predicted octanol–water partition coefficient (Wildman–Crippen LogP) is 2.79. The molecule has 0 heterocycles. The van der Waals surface area contributed by atoms with Crippen LogP contribution in [0.4, 0.5) is 0 Å². The van der Waals surface area contributed by atoms with E-state index in [0.29, 0.717) is 17.9 Å². The van der Waals surface area contributed by atoms with Crippen LogP contribution in [-0.4, -0.2) is 5.91 Å². The minimum Gasteiger partial charge on any atom is -0.489 e. The van der Waals surface area contributed by atoms with Crippen LogP contribution in [0.25, 0.3) is 0 Å². The van der Waals surface area contributed by atoms with Crippen LogP contribution in [0.1, 0.15) is 15.9 Å². The average molecular weight is 264 g/mol. The summed E-state index contributed by atoms with van der Waals surface area (Å²) in [5, 5.41) is 0. The van der Waals surface area contributed by atoms with Gasteiger partial charge in [-0.2, -0.15) is 0 Å². The molecule has 94 valence electrons. The number of primary amides is 1. The molecule has 0 aliphatic rings. The zero-order valence-electron chi connectivity index (χ0n) is 9.71. The van der Waals surface area contributed by atoms with E-state index in [2.05, 4.69) is 0 Å². The first-order chi connectivity index (χ1) is 8.25. The largest absolute Gasteiger partial charge is 0.489 e. The average Bonchev–Trinajstić information content (AvgIpc) is 2.38. The van der Waals surface area contributed by atoms with E-state index in [4.69, 9.17) is 10.5 Å². The predicted molar refractivity (Wildman–Crippen MR) is 73.0 cm³/mol. The second kappa shape index (κ2) is 6.67. The Balaban J connectivity index is 0.00000162. The van der Waals surface area contributed by atoms with E-state index in [1.54, 1.807) is 24.3 Å². The summed E-state index contributed by atoms with van der Waals surface area (Å²) >= 11 is 0. The maximum Gasteiger partial charge on any atom is 0.248 e. The van der Waals surface area contributed by atoms with Gasteiger partial charge in [0.05, 0.1) is 0 Å². The van der Waals surface area contributed by atoms with E-state index in [1.807, 2.05) is 30.3 Å². The van der Waals surface area contributed by atoms with Gasteiger partial charge in [0.1, 0.15) is 12.4 Å². The van der Waals surface area contributed by atoms with Gasteiger partial charge in [-0.3, -0.25) is 4.79 Å². The van der Waals surface area contributed by atoms with Crippen molar-refractivity contribution in [1.29, 1.82) is 0 Å². The zero-order chi connectivity index (χ0) is 12.1.